The summed E-state index contributed by atoms with van der Waals surface area (Å²) in [4.78, 5) is 14.8. The Hall–Kier alpha value is -1.67. The van der Waals surface area contributed by atoms with E-state index in [0.29, 0.717) is 13.0 Å². The fourth-order valence-electron chi connectivity index (χ4n) is 1.74. The van der Waals surface area contributed by atoms with Crippen LogP contribution in [0.3, 0.4) is 0 Å². The van der Waals surface area contributed by atoms with Gasteiger partial charge >= 0.3 is 5.97 Å². The van der Waals surface area contributed by atoms with Crippen LogP contribution in [0.1, 0.15) is 33.1 Å². The van der Waals surface area contributed by atoms with Gasteiger partial charge in [-0.3, -0.25) is 9.78 Å². The lowest BCUT2D eigenvalue weighted by atomic mass is 10.1. The molecule has 1 aromatic heterocycles. The Bertz CT molecular complexity index is 574. The molecule has 0 unspecified atom stereocenters. The number of unbranched alkanes of at least 4 members (excludes halogenated alkanes) is 1. The fraction of sp³-hybridized carbons (Fsp3) is 0.538. The SMILES string of the molecule is CCCC[C@H](NS(=O)(=O)c1cnccc1OCC)C(=O)O. The van der Waals surface area contributed by atoms with Gasteiger partial charge in [0.15, 0.2) is 0 Å². The van der Waals surface area contributed by atoms with Gasteiger partial charge in [0.2, 0.25) is 10.0 Å². The van der Waals surface area contributed by atoms with Crippen molar-refractivity contribution in [2.75, 3.05) is 6.61 Å². The predicted octanol–water partition coefficient (Wildman–Crippen LogP) is 1.40. The average molecular weight is 316 g/mol. The zero-order chi connectivity index (χ0) is 15.9. The predicted molar refractivity (Wildman–Crippen MR) is 76.7 cm³/mol. The molecular weight excluding hydrogens is 296 g/mol. The maximum absolute atomic E-state index is 12.3. The monoisotopic (exact) mass is 316 g/mol. The number of carboxylic acid groups (broad SMARTS) is 1. The van der Waals surface area contributed by atoms with E-state index in [1.165, 1.54) is 12.3 Å². The molecule has 1 atom stereocenters. The van der Waals surface area contributed by atoms with Crippen LogP contribution in [0.25, 0.3) is 0 Å². The van der Waals surface area contributed by atoms with Crippen LogP contribution in [0.5, 0.6) is 5.75 Å². The molecule has 0 aliphatic carbocycles. The summed E-state index contributed by atoms with van der Waals surface area (Å²) in [6.45, 7) is 3.93. The maximum Gasteiger partial charge on any atom is 0.321 e. The molecule has 0 radical (unpaired) electrons. The minimum absolute atomic E-state index is 0.152. The van der Waals surface area contributed by atoms with Gasteiger partial charge in [-0.1, -0.05) is 19.8 Å². The number of nitrogens with zero attached hydrogens (tertiary/aromatic N) is 1. The Morgan fingerprint density at radius 2 is 2.19 bits per heavy atom. The van der Waals surface area contributed by atoms with Crippen molar-refractivity contribution in [1.29, 1.82) is 0 Å². The molecule has 1 aromatic rings. The molecule has 0 fully saturated rings. The van der Waals surface area contributed by atoms with Crippen LogP contribution in [0, 0.1) is 0 Å². The van der Waals surface area contributed by atoms with Gasteiger partial charge in [0.05, 0.1) is 12.8 Å². The first-order chi connectivity index (χ1) is 9.92. The summed E-state index contributed by atoms with van der Waals surface area (Å²) in [5.74, 6) is -1.05. The molecule has 0 aliphatic rings. The van der Waals surface area contributed by atoms with Gasteiger partial charge in [0.25, 0.3) is 0 Å². The second-order valence-electron chi connectivity index (χ2n) is 4.41. The molecule has 2 N–H and O–H groups in total. The first-order valence-electron chi connectivity index (χ1n) is 6.74. The Morgan fingerprint density at radius 1 is 1.48 bits per heavy atom. The third-order valence-electron chi connectivity index (χ3n) is 2.78. The molecule has 0 saturated carbocycles. The molecular formula is C13H20N2O5S. The number of aromatic nitrogens is 1. The minimum Gasteiger partial charge on any atom is -0.492 e. The lowest BCUT2D eigenvalue weighted by Crippen LogP contribution is -2.40. The summed E-state index contributed by atoms with van der Waals surface area (Å²) < 4.78 is 32.1. The summed E-state index contributed by atoms with van der Waals surface area (Å²) in [6.07, 6.45) is 4.19. The van der Waals surface area contributed by atoms with Crippen molar-refractivity contribution in [3.05, 3.63) is 18.5 Å². The van der Waals surface area contributed by atoms with E-state index >= 15 is 0 Å². The second-order valence-corrected chi connectivity index (χ2v) is 6.09. The molecule has 0 saturated heterocycles. The first kappa shape index (κ1) is 17.4. The normalized spacial score (nSPS) is 12.9. The molecule has 0 spiro atoms. The Morgan fingerprint density at radius 3 is 2.76 bits per heavy atom. The van der Waals surface area contributed by atoms with Crippen LogP contribution in [-0.2, 0) is 14.8 Å². The van der Waals surface area contributed by atoms with Gasteiger partial charge in [-0.25, -0.2) is 8.42 Å². The highest BCUT2D eigenvalue weighted by atomic mass is 32.2. The van der Waals surface area contributed by atoms with Crippen molar-refractivity contribution < 1.29 is 23.1 Å². The Labute approximate surface area is 124 Å². The van der Waals surface area contributed by atoms with E-state index in [-0.39, 0.29) is 17.1 Å². The number of aliphatic carboxylic acids is 1. The lowest BCUT2D eigenvalue weighted by molar-refractivity contribution is -0.139. The van der Waals surface area contributed by atoms with Crippen LogP contribution >= 0.6 is 0 Å². The number of nitrogens with one attached hydrogen (secondary N) is 1. The summed E-state index contributed by atoms with van der Waals surface area (Å²) in [7, 11) is -4.01. The topological polar surface area (TPSA) is 106 Å². The molecule has 0 amide bonds. The number of sulfonamides is 1. The molecule has 8 heteroatoms. The highest BCUT2D eigenvalue weighted by Gasteiger charge is 2.27. The van der Waals surface area contributed by atoms with E-state index in [0.717, 1.165) is 12.6 Å². The van der Waals surface area contributed by atoms with Crippen molar-refractivity contribution in [2.45, 2.75) is 44.0 Å². The molecule has 118 valence electrons. The quantitative estimate of drug-likeness (QED) is 0.713. The standard InChI is InChI=1S/C13H20N2O5S/c1-3-5-6-10(13(16)17)15-21(18,19)12-9-14-8-7-11(12)20-4-2/h7-10,15H,3-6H2,1-2H3,(H,16,17)/t10-/m0/s1. The van der Waals surface area contributed by atoms with Crippen LogP contribution in [0.15, 0.2) is 23.4 Å². The maximum atomic E-state index is 12.3. The average Bonchev–Trinajstić information content (AvgIpc) is 2.44. The van der Waals surface area contributed by atoms with Crippen LogP contribution in [0.4, 0.5) is 0 Å². The third-order valence-corrected chi connectivity index (χ3v) is 4.26. The third kappa shape index (κ3) is 4.98. The van der Waals surface area contributed by atoms with Gasteiger partial charge in [-0.05, 0) is 19.4 Å². The summed E-state index contributed by atoms with van der Waals surface area (Å²) in [5, 5.41) is 9.11. The van der Waals surface area contributed by atoms with Gasteiger partial charge in [-0.15, -0.1) is 0 Å². The fourth-order valence-corrected chi connectivity index (χ4v) is 3.05. The number of hydrogen-bond acceptors (Lipinski definition) is 5. The highest BCUT2D eigenvalue weighted by Crippen LogP contribution is 2.22. The number of hydrogen-bond donors (Lipinski definition) is 2. The minimum atomic E-state index is -4.01. The molecule has 0 aromatic carbocycles. The van der Waals surface area contributed by atoms with E-state index in [2.05, 4.69) is 9.71 Å². The van der Waals surface area contributed by atoms with Crippen molar-refractivity contribution >= 4 is 16.0 Å². The number of pyridine rings is 1. The highest BCUT2D eigenvalue weighted by molar-refractivity contribution is 7.89. The summed E-state index contributed by atoms with van der Waals surface area (Å²) in [6, 6.07) is 0.268. The second kappa shape index (κ2) is 7.94. The van der Waals surface area contributed by atoms with Crippen molar-refractivity contribution in [1.82, 2.24) is 9.71 Å². The number of carboxylic acids is 1. The molecule has 1 heterocycles. The zero-order valence-corrected chi connectivity index (χ0v) is 12.9. The number of ether oxygens (including phenoxy) is 1. The van der Waals surface area contributed by atoms with Gasteiger partial charge in [0, 0.05) is 6.20 Å². The zero-order valence-electron chi connectivity index (χ0n) is 12.1. The van der Waals surface area contributed by atoms with Crippen LogP contribution in [0.2, 0.25) is 0 Å². The molecule has 0 aliphatic heterocycles. The van der Waals surface area contributed by atoms with Crippen molar-refractivity contribution in [3.63, 3.8) is 0 Å². The van der Waals surface area contributed by atoms with E-state index in [1.807, 2.05) is 6.92 Å². The van der Waals surface area contributed by atoms with E-state index < -0.39 is 22.0 Å². The van der Waals surface area contributed by atoms with E-state index in [1.54, 1.807) is 6.92 Å². The molecule has 0 bridgehead atoms. The Balaban J connectivity index is 3.02. The molecule has 7 nitrogen and oxygen atoms in total. The van der Waals surface area contributed by atoms with E-state index in [9.17, 15) is 13.2 Å². The van der Waals surface area contributed by atoms with Crippen molar-refractivity contribution in [3.8, 4) is 5.75 Å². The first-order valence-corrected chi connectivity index (χ1v) is 8.22. The van der Waals surface area contributed by atoms with Crippen LogP contribution in [-0.4, -0.2) is 37.1 Å². The van der Waals surface area contributed by atoms with Crippen LogP contribution < -0.4 is 9.46 Å². The smallest absolute Gasteiger partial charge is 0.321 e. The number of rotatable bonds is 9. The largest absolute Gasteiger partial charge is 0.492 e. The summed E-state index contributed by atoms with van der Waals surface area (Å²) in [5.41, 5.74) is 0. The van der Waals surface area contributed by atoms with E-state index in [4.69, 9.17) is 9.84 Å². The van der Waals surface area contributed by atoms with Gasteiger partial charge in [0.1, 0.15) is 16.7 Å². The molecule has 1 rings (SSSR count). The number of carbonyl (C=O) groups is 1. The molecule has 21 heavy (non-hydrogen) atoms. The van der Waals surface area contributed by atoms with Gasteiger partial charge < -0.3 is 9.84 Å². The lowest BCUT2D eigenvalue weighted by Gasteiger charge is -2.16. The van der Waals surface area contributed by atoms with Crippen molar-refractivity contribution in [2.24, 2.45) is 0 Å². The summed E-state index contributed by atoms with van der Waals surface area (Å²) >= 11 is 0. The Kier molecular flexibility index (Phi) is 6.57. The van der Waals surface area contributed by atoms with Gasteiger partial charge in [-0.2, -0.15) is 4.72 Å².